The number of benzene rings is 1. The minimum Gasteiger partial charge on any atom is -0.506 e. The van der Waals surface area contributed by atoms with Gasteiger partial charge in [0.15, 0.2) is 0 Å². The molecule has 1 aliphatic rings. The average molecular weight is 311 g/mol. The summed E-state index contributed by atoms with van der Waals surface area (Å²) in [5.41, 5.74) is 1.07. The molecule has 0 fully saturated rings. The van der Waals surface area contributed by atoms with Crippen molar-refractivity contribution in [2.75, 3.05) is 6.61 Å². The van der Waals surface area contributed by atoms with Crippen LogP contribution in [0.4, 0.5) is 4.79 Å². The van der Waals surface area contributed by atoms with E-state index in [1.54, 1.807) is 26.0 Å². The van der Waals surface area contributed by atoms with E-state index in [0.29, 0.717) is 11.3 Å². The van der Waals surface area contributed by atoms with Gasteiger partial charge < -0.3 is 20.5 Å². The van der Waals surface area contributed by atoms with E-state index < -0.39 is 18.0 Å². The van der Waals surface area contributed by atoms with Gasteiger partial charge in [0.25, 0.3) is 0 Å². The lowest BCUT2D eigenvalue weighted by Crippen LogP contribution is -2.45. The smallest absolute Gasteiger partial charge is 0.338 e. The van der Waals surface area contributed by atoms with E-state index in [2.05, 4.69) is 10.6 Å². The molecule has 7 heteroatoms. The Morgan fingerprint density at radius 2 is 2.19 bits per heavy atom. The number of aromatic hydroxyl groups is 1. The molecular weight excluding hydrogens is 296 g/mol. The maximum absolute atomic E-state index is 12.1. The number of phenolic OH excluding ortho intramolecular Hbond substituents is 1. The fraction of sp³-hybridized carbons (Fsp3) is 0.286. The molecule has 0 aromatic heterocycles. The molecule has 6 nitrogen and oxygen atoms in total. The molecule has 1 heterocycles. The van der Waals surface area contributed by atoms with Crippen molar-refractivity contribution < 1.29 is 19.4 Å². The second kappa shape index (κ2) is 6.05. The SMILES string of the molecule is CCOC(=O)C1=C(C)NC(=O)N[C@@H]1c1cccc(O)c1Cl. The summed E-state index contributed by atoms with van der Waals surface area (Å²) in [5, 5.41) is 14.9. The largest absolute Gasteiger partial charge is 0.506 e. The van der Waals surface area contributed by atoms with Crippen molar-refractivity contribution in [2.45, 2.75) is 19.9 Å². The zero-order valence-electron chi connectivity index (χ0n) is 11.6. The number of phenols is 1. The molecular formula is C14H15ClN2O4. The molecule has 2 rings (SSSR count). The third kappa shape index (κ3) is 2.95. The first-order valence-electron chi connectivity index (χ1n) is 6.38. The third-order valence-corrected chi connectivity index (χ3v) is 3.50. The number of rotatable bonds is 3. The van der Waals surface area contributed by atoms with Gasteiger partial charge in [-0.2, -0.15) is 0 Å². The van der Waals surface area contributed by atoms with Crippen LogP contribution in [0, 0.1) is 0 Å². The van der Waals surface area contributed by atoms with Gasteiger partial charge in [0, 0.05) is 11.3 Å². The number of esters is 1. The Balaban J connectivity index is 2.52. The van der Waals surface area contributed by atoms with Crippen LogP contribution < -0.4 is 10.6 Å². The Morgan fingerprint density at radius 3 is 2.86 bits per heavy atom. The van der Waals surface area contributed by atoms with Crippen molar-refractivity contribution in [3.8, 4) is 5.75 Å². The molecule has 3 N–H and O–H groups in total. The van der Waals surface area contributed by atoms with Crippen molar-refractivity contribution in [2.24, 2.45) is 0 Å². The molecule has 1 atom stereocenters. The number of halogens is 1. The maximum Gasteiger partial charge on any atom is 0.338 e. The Morgan fingerprint density at radius 1 is 1.48 bits per heavy atom. The number of urea groups is 1. The number of nitrogens with one attached hydrogen (secondary N) is 2. The van der Waals surface area contributed by atoms with E-state index in [9.17, 15) is 14.7 Å². The summed E-state index contributed by atoms with van der Waals surface area (Å²) in [6.07, 6.45) is 0. The lowest BCUT2D eigenvalue weighted by atomic mass is 9.95. The Kier molecular flexibility index (Phi) is 4.37. The third-order valence-electron chi connectivity index (χ3n) is 3.08. The average Bonchev–Trinajstić information content (AvgIpc) is 2.41. The van der Waals surface area contributed by atoms with Gasteiger partial charge in [0.1, 0.15) is 5.75 Å². The summed E-state index contributed by atoms with van der Waals surface area (Å²) < 4.78 is 5.02. The van der Waals surface area contributed by atoms with Gasteiger partial charge >= 0.3 is 12.0 Å². The van der Waals surface area contributed by atoms with Gasteiger partial charge in [-0.3, -0.25) is 0 Å². The fourth-order valence-electron chi connectivity index (χ4n) is 2.17. The Bertz CT molecular complexity index is 627. The van der Waals surface area contributed by atoms with Crippen molar-refractivity contribution in [1.29, 1.82) is 0 Å². The lowest BCUT2D eigenvalue weighted by molar-refractivity contribution is -0.139. The molecule has 0 unspecified atom stereocenters. The van der Waals surface area contributed by atoms with Crippen LogP contribution in [0.1, 0.15) is 25.5 Å². The van der Waals surface area contributed by atoms with E-state index in [0.717, 1.165) is 0 Å². The van der Waals surface area contributed by atoms with Crippen molar-refractivity contribution in [3.63, 3.8) is 0 Å². The molecule has 0 radical (unpaired) electrons. The number of hydrogen-bond donors (Lipinski definition) is 3. The quantitative estimate of drug-likeness (QED) is 0.747. The minimum atomic E-state index is -0.780. The fourth-order valence-corrected chi connectivity index (χ4v) is 2.40. The van der Waals surface area contributed by atoms with E-state index in [1.165, 1.54) is 6.07 Å². The highest BCUT2D eigenvalue weighted by Gasteiger charge is 2.33. The van der Waals surface area contributed by atoms with Crippen LogP contribution in [-0.2, 0) is 9.53 Å². The molecule has 0 bridgehead atoms. The summed E-state index contributed by atoms with van der Waals surface area (Å²) in [6, 6.07) is 3.41. The molecule has 0 saturated carbocycles. The molecule has 1 aliphatic heterocycles. The van der Waals surface area contributed by atoms with Crippen molar-refractivity contribution in [1.82, 2.24) is 10.6 Å². The van der Waals surface area contributed by atoms with Crippen LogP contribution in [0.15, 0.2) is 29.5 Å². The summed E-state index contributed by atoms with van der Waals surface area (Å²) in [6.45, 7) is 3.51. The second-order valence-corrected chi connectivity index (χ2v) is 4.85. The van der Waals surface area contributed by atoms with Gasteiger partial charge in [-0.1, -0.05) is 23.7 Å². The van der Waals surface area contributed by atoms with E-state index >= 15 is 0 Å². The number of allylic oxidation sites excluding steroid dienone is 1. The summed E-state index contributed by atoms with van der Waals surface area (Å²) in [5.74, 6) is -0.672. The topological polar surface area (TPSA) is 87.7 Å². The Hall–Kier alpha value is -2.21. The van der Waals surface area contributed by atoms with Gasteiger partial charge in [-0.25, -0.2) is 9.59 Å². The van der Waals surface area contributed by atoms with Crippen molar-refractivity contribution >= 4 is 23.6 Å². The van der Waals surface area contributed by atoms with Gasteiger partial charge in [-0.05, 0) is 19.9 Å². The van der Waals surface area contributed by atoms with Crippen LogP contribution in [0.3, 0.4) is 0 Å². The normalized spacial score (nSPS) is 18.0. The highest BCUT2D eigenvalue weighted by Crippen LogP contribution is 2.36. The van der Waals surface area contributed by atoms with E-state index in [4.69, 9.17) is 16.3 Å². The summed E-state index contributed by atoms with van der Waals surface area (Å²) in [4.78, 5) is 23.8. The first-order valence-corrected chi connectivity index (χ1v) is 6.76. The molecule has 0 saturated heterocycles. The first kappa shape index (κ1) is 15.2. The lowest BCUT2D eigenvalue weighted by Gasteiger charge is -2.28. The first-order chi connectivity index (χ1) is 9.95. The zero-order valence-corrected chi connectivity index (χ0v) is 12.3. The van der Waals surface area contributed by atoms with Crippen molar-refractivity contribution in [3.05, 3.63) is 40.1 Å². The monoisotopic (exact) mass is 310 g/mol. The van der Waals surface area contributed by atoms with Gasteiger partial charge in [-0.15, -0.1) is 0 Å². The number of carbonyl (C=O) groups is 2. The minimum absolute atomic E-state index is 0.0827. The van der Waals surface area contributed by atoms with Gasteiger partial charge in [0.05, 0.1) is 23.2 Å². The molecule has 0 spiro atoms. The predicted octanol–water partition coefficient (Wildman–Crippen LogP) is 2.24. The zero-order chi connectivity index (χ0) is 15.6. The molecule has 2 amide bonds. The molecule has 1 aromatic carbocycles. The van der Waals surface area contributed by atoms with Crippen LogP contribution in [-0.4, -0.2) is 23.7 Å². The summed E-state index contributed by atoms with van der Waals surface area (Å²) >= 11 is 6.07. The number of hydrogen-bond acceptors (Lipinski definition) is 4. The van der Waals surface area contributed by atoms with E-state index in [1.807, 2.05) is 0 Å². The molecule has 112 valence electrons. The molecule has 0 aliphatic carbocycles. The molecule has 21 heavy (non-hydrogen) atoms. The number of ether oxygens (including phenoxy) is 1. The highest BCUT2D eigenvalue weighted by molar-refractivity contribution is 6.33. The van der Waals surface area contributed by atoms with Crippen LogP contribution in [0.5, 0.6) is 5.75 Å². The second-order valence-electron chi connectivity index (χ2n) is 4.47. The van der Waals surface area contributed by atoms with Gasteiger partial charge in [0.2, 0.25) is 0 Å². The predicted molar refractivity (Wildman–Crippen MR) is 76.9 cm³/mol. The van der Waals surface area contributed by atoms with Crippen LogP contribution in [0.2, 0.25) is 5.02 Å². The highest BCUT2D eigenvalue weighted by atomic mass is 35.5. The summed E-state index contributed by atoms with van der Waals surface area (Å²) in [7, 11) is 0. The number of carbonyl (C=O) groups excluding carboxylic acids is 2. The number of amides is 2. The Labute approximate surface area is 126 Å². The molecule has 1 aromatic rings. The van der Waals surface area contributed by atoms with Crippen LogP contribution in [0.25, 0.3) is 0 Å². The van der Waals surface area contributed by atoms with E-state index in [-0.39, 0.29) is 23.0 Å². The van der Waals surface area contributed by atoms with Crippen LogP contribution >= 0.6 is 11.6 Å². The maximum atomic E-state index is 12.1. The standard InChI is InChI=1S/C14H15ClN2O4/c1-3-21-13(19)10-7(2)16-14(20)17-12(10)8-5-4-6-9(18)11(8)15/h4-6,12,18H,3H2,1-2H3,(H2,16,17,20)/t12-/m1/s1.